The summed E-state index contributed by atoms with van der Waals surface area (Å²) in [5, 5.41) is 6.34. The molecule has 126 valence electrons. The maximum atomic E-state index is 12.0. The largest absolute Gasteiger partial charge is 0.383 e. The number of hydrogen-bond donors (Lipinski definition) is 2. The zero-order valence-electron chi connectivity index (χ0n) is 13.6. The molecule has 7 nitrogen and oxygen atoms in total. The van der Waals surface area contributed by atoms with E-state index in [4.69, 9.17) is 4.74 Å². The molecule has 1 aromatic rings. The number of hydrogen-bond acceptors (Lipinski definition) is 5. The highest BCUT2D eigenvalue weighted by Crippen LogP contribution is 2.23. The molecule has 0 aliphatic heterocycles. The maximum absolute atomic E-state index is 12.0. The molecule has 1 rings (SSSR count). The summed E-state index contributed by atoms with van der Waals surface area (Å²) >= 11 is 1.25. The number of guanidine groups is 1. The number of nitrogens with one attached hydrogen (secondary N) is 2. The molecule has 0 fully saturated rings. The van der Waals surface area contributed by atoms with Gasteiger partial charge in [0.25, 0.3) is 10.0 Å². The topological polar surface area (TPSA) is 83.0 Å². The van der Waals surface area contributed by atoms with Crippen molar-refractivity contribution in [2.45, 2.75) is 23.7 Å². The van der Waals surface area contributed by atoms with Crippen molar-refractivity contribution in [1.29, 1.82) is 0 Å². The fourth-order valence-corrected chi connectivity index (χ4v) is 4.13. The quantitative estimate of drug-likeness (QED) is 0.560. The van der Waals surface area contributed by atoms with Gasteiger partial charge >= 0.3 is 0 Å². The minimum atomic E-state index is -3.36. The Morgan fingerprint density at radius 1 is 1.45 bits per heavy atom. The molecule has 0 radical (unpaired) electrons. The number of nitrogens with zero attached hydrogens (tertiary/aromatic N) is 2. The van der Waals surface area contributed by atoms with Crippen LogP contribution in [-0.4, -0.2) is 59.6 Å². The summed E-state index contributed by atoms with van der Waals surface area (Å²) < 4.78 is 30.7. The van der Waals surface area contributed by atoms with Gasteiger partial charge in [-0.3, -0.25) is 4.99 Å². The zero-order chi connectivity index (χ0) is 16.8. The first kappa shape index (κ1) is 18.9. The third kappa shape index (κ3) is 5.24. The van der Waals surface area contributed by atoms with E-state index in [-0.39, 0.29) is 6.04 Å². The van der Waals surface area contributed by atoms with Crippen LogP contribution in [0.2, 0.25) is 0 Å². The molecule has 9 heteroatoms. The lowest BCUT2D eigenvalue weighted by atomic mass is 10.4. The van der Waals surface area contributed by atoms with Crippen molar-refractivity contribution in [3.05, 3.63) is 17.0 Å². The van der Waals surface area contributed by atoms with Gasteiger partial charge in [-0.25, -0.2) is 12.7 Å². The fourth-order valence-electron chi connectivity index (χ4n) is 1.66. The van der Waals surface area contributed by atoms with Gasteiger partial charge in [-0.1, -0.05) is 0 Å². The zero-order valence-corrected chi connectivity index (χ0v) is 15.2. The minimum absolute atomic E-state index is 0.129. The molecule has 0 bridgehead atoms. The molecule has 22 heavy (non-hydrogen) atoms. The lowest BCUT2D eigenvalue weighted by Gasteiger charge is -2.16. The summed E-state index contributed by atoms with van der Waals surface area (Å²) in [7, 11) is 3.01. The van der Waals surface area contributed by atoms with Crippen LogP contribution >= 0.6 is 11.3 Å². The Morgan fingerprint density at radius 2 is 2.14 bits per heavy atom. The van der Waals surface area contributed by atoms with E-state index in [1.807, 2.05) is 6.92 Å². The summed E-state index contributed by atoms with van der Waals surface area (Å²) in [5.74, 6) is 0.648. The molecule has 2 N–H and O–H groups in total. The van der Waals surface area contributed by atoms with Gasteiger partial charge in [-0.15, -0.1) is 11.3 Å². The van der Waals surface area contributed by atoms with Gasteiger partial charge in [0, 0.05) is 39.2 Å². The first-order valence-electron chi connectivity index (χ1n) is 6.78. The minimum Gasteiger partial charge on any atom is -0.383 e. The predicted octanol–water partition coefficient (Wildman–Crippen LogP) is 0.698. The van der Waals surface area contributed by atoms with Gasteiger partial charge in [0.15, 0.2) is 5.96 Å². The van der Waals surface area contributed by atoms with E-state index < -0.39 is 10.0 Å². The molecule has 1 atom stereocenters. The van der Waals surface area contributed by atoms with E-state index in [0.717, 1.165) is 4.88 Å². The highest BCUT2D eigenvalue weighted by molar-refractivity contribution is 7.91. The number of ether oxygens (including phenoxy) is 1. The molecule has 0 aliphatic carbocycles. The summed E-state index contributed by atoms with van der Waals surface area (Å²) in [4.78, 5) is 5.05. The van der Waals surface area contributed by atoms with Crippen molar-refractivity contribution in [2.24, 2.45) is 4.99 Å². The molecule has 1 aromatic heterocycles. The molecule has 1 heterocycles. The van der Waals surface area contributed by atoms with Crippen LogP contribution in [0.15, 0.2) is 21.3 Å². The maximum Gasteiger partial charge on any atom is 0.252 e. The van der Waals surface area contributed by atoms with E-state index in [1.165, 1.54) is 29.7 Å². The second-order valence-electron chi connectivity index (χ2n) is 4.93. The van der Waals surface area contributed by atoms with E-state index in [2.05, 4.69) is 15.6 Å². The lowest BCUT2D eigenvalue weighted by Crippen LogP contribution is -2.43. The van der Waals surface area contributed by atoms with Crippen LogP contribution < -0.4 is 10.6 Å². The van der Waals surface area contributed by atoms with Crippen molar-refractivity contribution < 1.29 is 13.2 Å². The summed E-state index contributed by atoms with van der Waals surface area (Å²) in [5.41, 5.74) is 0. The van der Waals surface area contributed by atoms with Crippen molar-refractivity contribution in [1.82, 2.24) is 14.9 Å². The predicted molar refractivity (Wildman–Crippen MR) is 89.9 cm³/mol. The summed E-state index contributed by atoms with van der Waals surface area (Å²) in [6, 6.07) is 3.56. The Hall–Kier alpha value is -1.16. The summed E-state index contributed by atoms with van der Waals surface area (Å²) in [6.07, 6.45) is 0. The van der Waals surface area contributed by atoms with Gasteiger partial charge in [0.05, 0.1) is 13.2 Å². The standard InChI is InChI=1S/C13H24N4O3S2/c1-10(9-20-5)16-13(14-2)15-8-11-6-7-12(21-11)22(18,19)17(3)4/h6-7,10H,8-9H2,1-5H3,(H2,14,15,16). The Morgan fingerprint density at radius 3 is 2.68 bits per heavy atom. The second kappa shape index (κ2) is 8.47. The lowest BCUT2D eigenvalue weighted by molar-refractivity contribution is 0.179. The number of rotatable bonds is 7. The first-order valence-corrected chi connectivity index (χ1v) is 9.04. The van der Waals surface area contributed by atoms with Crippen molar-refractivity contribution >= 4 is 27.3 Å². The molecule has 0 saturated heterocycles. The van der Waals surface area contributed by atoms with Crippen LogP contribution in [0.5, 0.6) is 0 Å². The average molecular weight is 348 g/mol. The third-order valence-corrected chi connectivity index (χ3v) is 6.19. The first-order chi connectivity index (χ1) is 10.3. The van der Waals surface area contributed by atoms with Crippen molar-refractivity contribution in [2.75, 3.05) is 34.9 Å². The van der Waals surface area contributed by atoms with Gasteiger partial charge < -0.3 is 15.4 Å². The number of methoxy groups -OCH3 is 1. The summed E-state index contributed by atoms with van der Waals surface area (Å²) in [6.45, 7) is 3.07. The number of aliphatic imine (C=N–C) groups is 1. The van der Waals surface area contributed by atoms with Gasteiger partial charge in [0.1, 0.15) is 4.21 Å². The molecular formula is C13H24N4O3S2. The second-order valence-corrected chi connectivity index (χ2v) is 8.48. The van der Waals surface area contributed by atoms with Crippen molar-refractivity contribution in [3.8, 4) is 0 Å². The SMILES string of the molecule is CN=C(NCc1ccc(S(=O)(=O)N(C)C)s1)NC(C)COC. The fraction of sp³-hybridized carbons (Fsp3) is 0.615. The van der Waals surface area contributed by atoms with E-state index in [9.17, 15) is 8.42 Å². The number of thiophene rings is 1. The molecule has 0 aromatic carbocycles. The van der Waals surface area contributed by atoms with E-state index >= 15 is 0 Å². The molecule has 1 unspecified atom stereocenters. The van der Waals surface area contributed by atoms with Crippen LogP contribution in [0.4, 0.5) is 0 Å². The van der Waals surface area contributed by atoms with Gasteiger partial charge in [-0.05, 0) is 19.1 Å². The van der Waals surface area contributed by atoms with Crippen LogP contribution in [0.25, 0.3) is 0 Å². The smallest absolute Gasteiger partial charge is 0.252 e. The van der Waals surface area contributed by atoms with Crippen LogP contribution in [-0.2, 0) is 21.3 Å². The van der Waals surface area contributed by atoms with E-state index in [0.29, 0.717) is 23.3 Å². The normalized spacial score (nSPS) is 14.2. The Labute approximate surface area is 136 Å². The van der Waals surface area contributed by atoms with Crippen LogP contribution in [0.1, 0.15) is 11.8 Å². The molecule has 0 spiro atoms. The van der Waals surface area contributed by atoms with Crippen LogP contribution in [0.3, 0.4) is 0 Å². The monoisotopic (exact) mass is 348 g/mol. The van der Waals surface area contributed by atoms with Crippen molar-refractivity contribution in [3.63, 3.8) is 0 Å². The van der Waals surface area contributed by atoms with E-state index in [1.54, 1.807) is 26.3 Å². The Balaban J connectivity index is 2.64. The number of sulfonamides is 1. The molecule has 0 saturated carbocycles. The van der Waals surface area contributed by atoms with Gasteiger partial charge in [0.2, 0.25) is 0 Å². The molecular weight excluding hydrogens is 324 g/mol. The Bertz CT molecular complexity index is 596. The third-order valence-electron chi connectivity index (χ3n) is 2.83. The highest BCUT2D eigenvalue weighted by Gasteiger charge is 2.19. The average Bonchev–Trinajstić information content (AvgIpc) is 2.93. The van der Waals surface area contributed by atoms with Gasteiger partial charge in [-0.2, -0.15) is 0 Å². The highest BCUT2D eigenvalue weighted by atomic mass is 32.2. The molecule has 0 aliphatic rings. The van der Waals surface area contributed by atoms with Crippen LogP contribution in [0, 0.1) is 0 Å². The molecule has 0 amide bonds. The Kier molecular flexibility index (Phi) is 7.27.